The zero-order valence-electron chi connectivity index (χ0n) is 10.3. The number of nitrogens with one attached hydrogen (secondary N) is 1. The third kappa shape index (κ3) is 5.20. The van der Waals surface area contributed by atoms with Gasteiger partial charge in [0.05, 0.1) is 25.0 Å². The van der Waals surface area contributed by atoms with E-state index in [1.807, 2.05) is 0 Å². The maximum absolute atomic E-state index is 13.2. The molecule has 1 amide bonds. The monoisotopic (exact) mass is 256 g/mol. The first-order chi connectivity index (χ1) is 8.75. The number of nitrogens with zero attached hydrogens (tertiary/aromatic N) is 1. The van der Waals surface area contributed by atoms with E-state index in [1.54, 1.807) is 7.11 Å². The Morgan fingerprint density at radius 2 is 2.28 bits per heavy atom. The summed E-state index contributed by atoms with van der Waals surface area (Å²) < 4.78 is 23.2. The van der Waals surface area contributed by atoms with Crippen molar-refractivity contribution in [2.75, 3.05) is 33.5 Å². The number of carbonyl (C=O) groups excluding carboxylic acids is 1. The highest BCUT2D eigenvalue weighted by Crippen LogP contribution is 2.03. The van der Waals surface area contributed by atoms with Gasteiger partial charge in [0.25, 0.3) is 5.91 Å². The quantitative estimate of drug-likeness (QED) is 0.705. The summed E-state index contributed by atoms with van der Waals surface area (Å²) in [6.07, 6.45) is 3.07. The van der Waals surface area contributed by atoms with Crippen molar-refractivity contribution in [3.63, 3.8) is 0 Å². The lowest BCUT2D eigenvalue weighted by Crippen LogP contribution is -2.26. The molecule has 18 heavy (non-hydrogen) atoms. The zero-order valence-corrected chi connectivity index (χ0v) is 10.3. The smallest absolute Gasteiger partial charge is 0.254 e. The Kier molecular flexibility index (Phi) is 6.90. The molecule has 0 atom stereocenters. The van der Waals surface area contributed by atoms with Crippen LogP contribution in [0.15, 0.2) is 18.5 Å². The van der Waals surface area contributed by atoms with Crippen LogP contribution in [0.25, 0.3) is 0 Å². The standard InChI is InChI=1S/C12H17FN2O3/c1-17-7-8-18-6-2-4-15-12(16)10-3-5-14-9-11(10)13/h3,5,9H,2,4,6-8H2,1H3,(H,15,16). The molecule has 0 aliphatic heterocycles. The van der Waals surface area contributed by atoms with Gasteiger partial charge in [0.2, 0.25) is 0 Å². The highest BCUT2D eigenvalue weighted by atomic mass is 19.1. The van der Waals surface area contributed by atoms with Gasteiger partial charge in [0, 0.05) is 26.5 Å². The molecule has 1 rings (SSSR count). The van der Waals surface area contributed by atoms with Crippen LogP contribution in [-0.4, -0.2) is 44.4 Å². The van der Waals surface area contributed by atoms with Crippen LogP contribution in [-0.2, 0) is 9.47 Å². The van der Waals surface area contributed by atoms with Gasteiger partial charge in [-0.2, -0.15) is 0 Å². The number of amides is 1. The molecule has 0 aromatic carbocycles. The largest absolute Gasteiger partial charge is 0.382 e. The van der Waals surface area contributed by atoms with Gasteiger partial charge in [-0.3, -0.25) is 9.78 Å². The summed E-state index contributed by atoms with van der Waals surface area (Å²) in [7, 11) is 1.60. The van der Waals surface area contributed by atoms with Crippen molar-refractivity contribution in [2.45, 2.75) is 6.42 Å². The third-order valence-corrected chi connectivity index (χ3v) is 2.20. The maximum atomic E-state index is 13.2. The molecule has 0 bridgehead atoms. The lowest BCUT2D eigenvalue weighted by atomic mass is 10.2. The molecular formula is C12H17FN2O3. The third-order valence-electron chi connectivity index (χ3n) is 2.20. The van der Waals surface area contributed by atoms with Crippen LogP contribution in [0, 0.1) is 5.82 Å². The number of ether oxygens (including phenoxy) is 2. The first-order valence-electron chi connectivity index (χ1n) is 5.70. The molecule has 1 N–H and O–H groups in total. The fourth-order valence-corrected chi connectivity index (χ4v) is 1.28. The van der Waals surface area contributed by atoms with E-state index in [-0.39, 0.29) is 5.56 Å². The van der Waals surface area contributed by atoms with E-state index in [4.69, 9.17) is 9.47 Å². The van der Waals surface area contributed by atoms with Gasteiger partial charge in [0.1, 0.15) is 0 Å². The molecule has 1 heterocycles. The van der Waals surface area contributed by atoms with Gasteiger partial charge in [-0.25, -0.2) is 4.39 Å². The van der Waals surface area contributed by atoms with Crippen molar-refractivity contribution in [1.29, 1.82) is 0 Å². The van der Waals surface area contributed by atoms with Crippen molar-refractivity contribution in [3.8, 4) is 0 Å². The molecule has 100 valence electrons. The minimum Gasteiger partial charge on any atom is -0.382 e. The summed E-state index contributed by atoms with van der Waals surface area (Å²) in [5, 5.41) is 2.61. The van der Waals surface area contributed by atoms with Crippen LogP contribution in [0.2, 0.25) is 0 Å². The number of hydrogen-bond donors (Lipinski definition) is 1. The van der Waals surface area contributed by atoms with E-state index in [0.29, 0.717) is 32.8 Å². The lowest BCUT2D eigenvalue weighted by Gasteiger charge is -2.06. The molecular weight excluding hydrogens is 239 g/mol. The Morgan fingerprint density at radius 3 is 3.00 bits per heavy atom. The molecule has 0 unspecified atom stereocenters. The van der Waals surface area contributed by atoms with Crippen LogP contribution < -0.4 is 5.32 Å². The Labute approximate surface area is 105 Å². The van der Waals surface area contributed by atoms with Crippen molar-refractivity contribution < 1.29 is 18.7 Å². The summed E-state index contributed by atoms with van der Waals surface area (Å²) in [5.74, 6) is -1.06. The molecule has 0 aliphatic carbocycles. The Bertz CT molecular complexity index is 374. The average Bonchev–Trinajstić information content (AvgIpc) is 2.38. The van der Waals surface area contributed by atoms with Crippen molar-refractivity contribution in [3.05, 3.63) is 29.8 Å². The van der Waals surface area contributed by atoms with Gasteiger partial charge in [-0.15, -0.1) is 0 Å². The van der Waals surface area contributed by atoms with Gasteiger partial charge in [-0.05, 0) is 12.5 Å². The maximum Gasteiger partial charge on any atom is 0.254 e. The zero-order chi connectivity index (χ0) is 13.2. The molecule has 0 saturated heterocycles. The van der Waals surface area contributed by atoms with E-state index in [9.17, 15) is 9.18 Å². The van der Waals surface area contributed by atoms with Crippen molar-refractivity contribution in [1.82, 2.24) is 10.3 Å². The number of rotatable bonds is 8. The summed E-state index contributed by atoms with van der Waals surface area (Å²) in [4.78, 5) is 15.1. The summed E-state index contributed by atoms with van der Waals surface area (Å²) in [6.45, 7) is 2.05. The number of aromatic nitrogens is 1. The van der Waals surface area contributed by atoms with Crippen LogP contribution in [0.4, 0.5) is 4.39 Å². The number of carbonyl (C=O) groups is 1. The van der Waals surface area contributed by atoms with Crippen LogP contribution >= 0.6 is 0 Å². The van der Waals surface area contributed by atoms with Crippen molar-refractivity contribution in [2.24, 2.45) is 0 Å². The minimum atomic E-state index is -0.619. The van der Waals surface area contributed by atoms with Crippen LogP contribution in [0.1, 0.15) is 16.8 Å². The lowest BCUT2D eigenvalue weighted by molar-refractivity contribution is 0.0688. The van der Waals surface area contributed by atoms with E-state index >= 15 is 0 Å². The van der Waals surface area contributed by atoms with Gasteiger partial charge < -0.3 is 14.8 Å². The number of methoxy groups -OCH3 is 1. The van der Waals surface area contributed by atoms with E-state index in [1.165, 1.54) is 12.3 Å². The first kappa shape index (κ1) is 14.5. The molecule has 0 fully saturated rings. The molecule has 1 aromatic rings. The topological polar surface area (TPSA) is 60.5 Å². The van der Waals surface area contributed by atoms with Crippen LogP contribution in [0.5, 0.6) is 0 Å². The second-order valence-corrected chi connectivity index (χ2v) is 3.57. The molecule has 0 saturated carbocycles. The summed E-state index contributed by atoms with van der Waals surface area (Å²) in [5.41, 5.74) is 0.00491. The fourth-order valence-electron chi connectivity index (χ4n) is 1.28. The van der Waals surface area contributed by atoms with E-state index < -0.39 is 11.7 Å². The Hall–Kier alpha value is -1.53. The molecule has 0 aliphatic rings. The molecule has 5 nitrogen and oxygen atoms in total. The van der Waals surface area contributed by atoms with Crippen molar-refractivity contribution >= 4 is 5.91 Å². The highest BCUT2D eigenvalue weighted by Gasteiger charge is 2.09. The van der Waals surface area contributed by atoms with E-state index in [0.717, 1.165) is 6.20 Å². The Balaban J connectivity index is 2.16. The van der Waals surface area contributed by atoms with E-state index in [2.05, 4.69) is 10.3 Å². The number of halogens is 1. The summed E-state index contributed by atoms with van der Waals surface area (Å²) in [6, 6.07) is 1.35. The second-order valence-electron chi connectivity index (χ2n) is 3.57. The summed E-state index contributed by atoms with van der Waals surface area (Å²) >= 11 is 0. The molecule has 0 spiro atoms. The highest BCUT2D eigenvalue weighted by molar-refractivity contribution is 5.94. The predicted molar refractivity (Wildman–Crippen MR) is 63.8 cm³/mol. The normalized spacial score (nSPS) is 10.3. The van der Waals surface area contributed by atoms with Gasteiger partial charge in [0.15, 0.2) is 5.82 Å². The Morgan fingerprint density at radius 1 is 1.44 bits per heavy atom. The SMILES string of the molecule is COCCOCCCNC(=O)c1ccncc1F. The second kappa shape index (κ2) is 8.54. The average molecular weight is 256 g/mol. The van der Waals surface area contributed by atoms with Gasteiger partial charge in [-0.1, -0.05) is 0 Å². The predicted octanol–water partition coefficient (Wildman–Crippen LogP) is 1.00. The van der Waals surface area contributed by atoms with Gasteiger partial charge >= 0.3 is 0 Å². The fraction of sp³-hybridized carbons (Fsp3) is 0.500. The molecule has 6 heteroatoms. The first-order valence-corrected chi connectivity index (χ1v) is 5.70. The van der Waals surface area contributed by atoms with Crippen LogP contribution in [0.3, 0.4) is 0 Å². The minimum absolute atomic E-state index is 0.00491. The number of hydrogen-bond acceptors (Lipinski definition) is 4. The molecule has 0 radical (unpaired) electrons. The number of pyridine rings is 1. The molecule has 1 aromatic heterocycles.